The van der Waals surface area contributed by atoms with Crippen LogP contribution in [0.5, 0.6) is 11.5 Å². The summed E-state index contributed by atoms with van der Waals surface area (Å²) in [5, 5.41) is 9.04. The summed E-state index contributed by atoms with van der Waals surface area (Å²) in [7, 11) is 0. The summed E-state index contributed by atoms with van der Waals surface area (Å²) in [6.07, 6.45) is 2.32. The number of carbonyl (C=O) groups is 1. The van der Waals surface area contributed by atoms with Crippen molar-refractivity contribution in [3.8, 4) is 11.5 Å². The molecule has 0 aliphatic rings. The maximum atomic E-state index is 13.1. The zero-order valence-corrected chi connectivity index (χ0v) is 12.0. The molecule has 21 heavy (non-hydrogen) atoms. The van der Waals surface area contributed by atoms with Crippen LogP contribution < -0.4 is 4.74 Å². The molecule has 0 saturated heterocycles. The highest BCUT2D eigenvalue weighted by molar-refractivity contribution is 6.31. The molecule has 0 aliphatic carbocycles. The fourth-order valence-electron chi connectivity index (χ4n) is 1.57. The molecule has 0 saturated carbocycles. The number of ether oxygens (including phenoxy) is 1. The maximum absolute atomic E-state index is 13.1. The van der Waals surface area contributed by atoms with Crippen molar-refractivity contribution in [1.82, 2.24) is 0 Å². The van der Waals surface area contributed by atoms with Crippen molar-refractivity contribution < 1.29 is 19.0 Å². The molecular formula is C15H9Cl2FO3. The fraction of sp³-hybridized carbons (Fsp3) is 0. The largest absolute Gasteiger partial charge is 0.478 e. The smallest absolute Gasteiger partial charge is 0.328 e. The number of aliphatic carboxylic acids is 1. The predicted octanol–water partition coefficient (Wildman–Crippen LogP) is 5.02. The molecule has 3 nitrogen and oxygen atoms in total. The molecule has 0 aliphatic heterocycles. The molecule has 1 N–H and O–H groups in total. The molecule has 0 unspecified atom stereocenters. The topological polar surface area (TPSA) is 46.5 Å². The van der Waals surface area contributed by atoms with Gasteiger partial charge in [-0.15, -0.1) is 0 Å². The van der Waals surface area contributed by atoms with Crippen molar-refractivity contribution in [2.75, 3.05) is 0 Å². The van der Waals surface area contributed by atoms with Crippen molar-refractivity contribution in [3.05, 3.63) is 63.9 Å². The average Bonchev–Trinajstić information content (AvgIpc) is 2.43. The van der Waals surface area contributed by atoms with Crippen LogP contribution in [0.15, 0.2) is 42.5 Å². The minimum absolute atomic E-state index is 0.0657. The van der Waals surface area contributed by atoms with Gasteiger partial charge in [0.1, 0.15) is 17.3 Å². The van der Waals surface area contributed by atoms with Crippen LogP contribution in [0, 0.1) is 5.82 Å². The standard InChI is InChI=1S/C15H9Cl2FO3/c16-10-2-5-14(9(7-10)1-6-15(19)20)21-11-3-4-13(18)12(17)8-11/h1-8H,(H,19,20)/b6-1+. The van der Waals surface area contributed by atoms with Gasteiger partial charge in [-0.25, -0.2) is 9.18 Å². The molecule has 108 valence electrons. The highest BCUT2D eigenvalue weighted by Gasteiger charge is 2.07. The van der Waals surface area contributed by atoms with Gasteiger partial charge in [0.05, 0.1) is 5.02 Å². The second-order valence-corrected chi connectivity index (χ2v) is 4.88. The van der Waals surface area contributed by atoms with E-state index in [0.29, 0.717) is 22.1 Å². The van der Waals surface area contributed by atoms with E-state index in [1.807, 2.05) is 0 Å². The van der Waals surface area contributed by atoms with Crippen molar-refractivity contribution >= 4 is 35.2 Å². The van der Waals surface area contributed by atoms with Gasteiger partial charge in [-0.05, 0) is 36.4 Å². The van der Waals surface area contributed by atoms with Crippen LogP contribution in [0.2, 0.25) is 10.0 Å². The lowest BCUT2D eigenvalue weighted by Crippen LogP contribution is -1.90. The number of hydrogen-bond donors (Lipinski definition) is 1. The minimum Gasteiger partial charge on any atom is -0.478 e. The summed E-state index contributed by atoms with van der Waals surface area (Å²) in [5.74, 6) is -0.940. The summed E-state index contributed by atoms with van der Waals surface area (Å²) in [6.45, 7) is 0. The van der Waals surface area contributed by atoms with Crippen molar-refractivity contribution in [2.45, 2.75) is 0 Å². The van der Waals surface area contributed by atoms with Crippen LogP contribution in [-0.2, 0) is 4.79 Å². The molecule has 0 bridgehead atoms. The molecule has 0 radical (unpaired) electrons. The van der Waals surface area contributed by atoms with Crippen LogP contribution >= 0.6 is 23.2 Å². The van der Waals surface area contributed by atoms with Gasteiger partial charge in [-0.1, -0.05) is 23.2 Å². The predicted molar refractivity (Wildman–Crippen MR) is 79.6 cm³/mol. The Morgan fingerprint density at radius 1 is 1.19 bits per heavy atom. The Bertz CT molecular complexity index is 714. The van der Waals surface area contributed by atoms with Crippen LogP contribution in [0.1, 0.15) is 5.56 Å². The third-order valence-electron chi connectivity index (χ3n) is 2.50. The molecule has 2 rings (SSSR count). The first kappa shape index (κ1) is 15.4. The molecule has 0 amide bonds. The molecule has 0 fully saturated rings. The lowest BCUT2D eigenvalue weighted by molar-refractivity contribution is -0.131. The first-order valence-electron chi connectivity index (χ1n) is 5.79. The third-order valence-corrected chi connectivity index (χ3v) is 3.02. The van der Waals surface area contributed by atoms with E-state index in [1.54, 1.807) is 18.2 Å². The number of hydrogen-bond acceptors (Lipinski definition) is 2. The van der Waals surface area contributed by atoms with Crippen molar-refractivity contribution in [1.29, 1.82) is 0 Å². The van der Waals surface area contributed by atoms with Gasteiger partial charge < -0.3 is 9.84 Å². The lowest BCUT2D eigenvalue weighted by Gasteiger charge is -2.09. The Hall–Kier alpha value is -2.04. The Morgan fingerprint density at radius 3 is 2.62 bits per heavy atom. The van der Waals surface area contributed by atoms with E-state index in [0.717, 1.165) is 6.08 Å². The third kappa shape index (κ3) is 4.21. The van der Waals surface area contributed by atoms with E-state index in [4.69, 9.17) is 33.0 Å². The highest BCUT2D eigenvalue weighted by Crippen LogP contribution is 2.30. The van der Waals surface area contributed by atoms with E-state index < -0.39 is 11.8 Å². The quantitative estimate of drug-likeness (QED) is 0.802. The highest BCUT2D eigenvalue weighted by atomic mass is 35.5. The van der Waals surface area contributed by atoms with Gasteiger partial charge in [-0.3, -0.25) is 0 Å². The van der Waals surface area contributed by atoms with Crippen LogP contribution in [0.25, 0.3) is 6.08 Å². The number of carboxylic acid groups (broad SMARTS) is 1. The molecule has 2 aromatic rings. The SMILES string of the molecule is O=C(O)/C=C/c1cc(Cl)ccc1Oc1ccc(F)c(Cl)c1. The first-order valence-corrected chi connectivity index (χ1v) is 6.55. The minimum atomic E-state index is -1.09. The summed E-state index contributed by atoms with van der Waals surface area (Å²) in [5.41, 5.74) is 0.477. The molecule has 0 atom stereocenters. The zero-order valence-electron chi connectivity index (χ0n) is 10.5. The Morgan fingerprint density at radius 2 is 1.95 bits per heavy atom. The van der Waals surface area contributed by atoms with E-state index >= 15 is 0 Å². The maximum Gasteiger partial charge on any atom is 0.328 e. The number of rotatable bonds is 4. The molecule has 6 heteroatoms. The van der Waals surface area contributed by atoms with Crippen molar-refractivity contribution in [3.63, 3.8) is 0 Å². The monoisotopic (exact) mass is 326 g/mol. The van der Waals surface area contributed by atoms with E-state index in [1.165, 1.54) is 24.3 Å². The summed E-state index contributed by atoms with van der Waals surface area (Å²) in [4.78, 5) is 10.6. The van der Waals surface area contributed by atoms with Gasteiger partial charge in [0.25, 0.3) is 0 Å². The Kier molecular flexibility index (Phi) is 4.83. The Labute approximate surface area is 130 Å². The molecular weight excluding hydrogens is 318 g/mol. The molecule has 0 aromatic heterocycles. The second-order valence-electron chi connectivity index (χ2n) is 4.03. The summed E-state index contributed by atoms with van der Waals surface area (Å²) < 4.78 is 18.7. The number of halogens is 3. The van der Waals surface area contributed by atoms with E-state index in [9.17, 15) is 9.18 Å². The molecule has 2 aromatic carbocycles. The van der Waals surface area contributed by atoms with E-state index in [-0.39, 0.29) is 5.02 Å². The Balaban J connectivity index is 2.34. The summed E-state index contributed by atoms with van der Waals surface area (Å²) in [6, 6.07) is 8.67. The van der Waals surface area contributed by atoms with Crippen LogP contribution in [0.3, 0.4) is 0 Å². The van der Waals surface area contributed by atoms with Gasteiger partial charge in [0.15, 0.2) is 0 Å². The summed E-state index contributed by atoms with van der Waals surface area (Å²) >= 11 is 11.6. The fourth-order valence-corrected chi connectivity index (χ4v) is 1.92. The van der Waals surface area contributed by atoms with Gasteiger partial charge in [-0.2, -0.15) is 0 Å². The second kappa shape index (κ2) is 6.61. The zero-order chi connectivity index (χ0) is 15.4. The van der Waals surface area contributed by atoms with Crippen LogP contribution in [-0.4, -0.2) is 11.1 Å². The number of benzene rings is 2. The van der Waals surface area contributed by atoms with Crippen LogP contribution in [0.4, 0.5) is 4.39 Å². The van der Waals surface area contributed by atoms with Gasteiger partial charge in [0, 0.05) is 22.7 Å². The normalized spacial score (nSPS) is 10.8. The van der Waals surface area contributed by atoms with Gasteiger partial charge in [0.2, 0.25) is 0 Å². The molecule has 0 spiro atoms. The lowest BCUT2D eigenvalue weighted by atomic mass is 10.2. The number of carboxylic acids is 1. The van der Waals surface area contributed by atoms with E-state index in [2.05, 4.69) is 0 Å². The van der Waals surface area contributed by atoms with Crippen molar-refractivity contribution in [2.24, 2.45) is 0 Å². The first-order chi connectivity index (χ1) is 9.95. The van der Waals surface area contributed by atoms with Gasteiger partial charge >= 0.3 is 5.97 Å². The average molecular weight is 327 g/mol. The molecule has 0 heterocycles.